The second-order valence-corrected chi connectivity index (χ2v) is 5.74. The molecule has 0 atom stereocenters. The SMILES string of the molecule is C.C.CCC.CCC.CCC.CCC.CCC.CCC.[CH2-]C([CH2-])([CH2-])[CH2-].[CH3-].[CH3-].[CH3-].[CH3-].[CH3-].[CH3-].[Y].[Y].[Y].[Y].[Y].[Y].[Y].[Y].[Y].[Y].[Y].[Y].[Y].[Y].[Y].[Y].[Y].[Y].[Y].[Y].[Y].[Y].[Y].[Y].[Y].[Y].[Y].[Y].[Y].[Y].[Y].[Y].[Y].[Y].[Y].[Y].[Y].[Y].[Y].[Y].[Y].[Y].[Y].[Y].[Y].[Y].[Y].[Y].[Y].[Y].[Y].[Y].[Y].[Y].[Y].[Y].[Y].[Y].[Y].[Y].[Y].[Y].[Y].[Y].[Y].[Y].[Y].[Y].[Y].[Y].[Y].[Y].[Y].[Y].[Y].[Y].[Y].[Y].[Y].[Y].[Y]. The maximum Gasteiger partial charge on any atom is 0 e. The van der Waals surface area contributed by atoms with Crippen LogP contribution in [0.1, 0.15) is 136 Å². The van der Waals surface area contributed by atoms with Crippen LogP contribution in [-0.4, -0.2) is 0 Å². The first-order valence-corrected chi connectivity index (χ1v) is 9.90. The van der Waals surface area contributed by atoms with Crippen LogP contribution >= 0.6 is 0 Å². The van der Waals surface area contributed by atoms with Gasteiger partial charge in [-0.15, -0.1) is 0 Å². The summed E-state index contributed by atoms with van der Waals surface area (Å²) >= 11 is 0. The first-order valence-electron chi connectivity index (χ1n) is 9.90. The smallest absolute Gasteiger partial charge is 0 e. The first kappa shape index (κ1) is 728. The van der Waals surface area contributed by atoms with Gasteiger partial charge in [0.1, 0.15) is 0 Å². The van der Waals surface area contributed by atoms with Crippen molar-refractivity contribution in [3.05, 3.63) is 72.3 Å². The van der Waals surface area contributed by atoms with Gasteiger partial charge >= 0.3 is 0 Å². The molecule has 0 aromatic carbocycles. The molecular formula is C31H82Y81-10. The molecule has 0 unspecified atom stereocenters. The van der Waals surface area contributed by atoms with Crippen LogP contribution in [0.4, 0.5) is 0 Å². The van der Waals surface area contributed by atoms with E-state index in [4.69, 9.17) is 0 Å². The molecule has 0 heterocycles. The molecule has 0 aromatic heterocycles. The van der Waals surface area contributed by atoms with Crippen LogP contribution in [0.2, 0.25) is 0 Å². The third-order valence-electron chi connectivity index (χ3n) is 0. The second-order valence-electron chi connectivity index (χ2n) is 5.74. The van der Waals surface area contributed by atoms with Gasteiger partial charge in [0.25, 0.3) is 0 Å². The monoisotopic (exact) mass is 7660 g/mol. The number of rotatable bonds is 0. The molecule has 0 aliphatic heterocycles. The summed E-state index contributed by atoms with van der Waals surface area (Å²) in [5.74, 6) is 0. The van der Waals surface area contributed by atoms with Crippen LogP contribution in [0.15, 0.2) is 0 Å². The van der Waals surface area contributed by atoms with Crippen LogP contribution in [0.25, 0.3) is 0 Å². The van der Waals surface area contributed by atoms with E-state index in [1.54, 1.807) is 0 Å². The van der Waals surface area contributed by atoms with Crippen molar-refractivity contribution in [1.29, 1.82) is 0 Å². The summed E-state index contributed by atoms with van der Waals surface area (Å²) in [5, 5.41) is 0. The van der Waals surface area contributed by atoms with Crippen LogP contribution in [0.3, 0.4) is 0 Å². The van der Waals surface area contributed by atoms with Gasteiger partial charge in [-0.3, -0.25) is 0 Å². The Morgan fingerprint density at radius 2 is 0.0982 bits per heavy atom. The van der Waals surface area contributed by atoms with Crippen molar-refractivity contribution in [2.45, 2.75) is 136 Å². The average molecular weight is 7660 g/mol. The average Bonchev–Trinajstić information content (AvgIpc) is 2.31. The second kappa shape index (κ2) is 775. The van der Waals surface area contributed by atoms with Gasteiger partial charge in [-0.05, 0) is 0 Å². The molecule has 0 saturated heterocycles. The quantitative estimate of drug-likeness (QED) is 0.212. The van der Waals surface area contributed by atoms with Crippen molar-refractivity contribution in [3.8, 4) is 0 Å². The third-order valence-corrected chi connectivity index (χ3v) is 0. The first-order chi connectivity index (χ1) is 10.5. The standard InChI is InChI=1S/C5H8.6C3H8.2CH4.6CH3.81Y/c1-5(2,3)4;6*1-3-2;;;;;;;;;;;;;;;;;;;;;;;;;;;;;;;;;;;;;;;;;;;;;;;;;;;;;;;;;;;;;;;;;;;;;;;;;;;;;;;;;;;;;;;;;/h1-4H2;6*3H2,1-2H3;2*1H4;6*1H3;;;;;;;;;;;;;;;;;;;;;;;;;;;;;;;;;;;;;;;;;;;;;;;;;;;;;;;;;;;;;;;;;;;;;;;;;;;;;;;;;/q-4;;;;;;;;;6*-1;;;;;;;;;;;;;;;;;;;;;;;;;;;;;;;;;;;;;;;;;;;;;;;;;;;;;;;;;;;;;;;;;;;;;;;;;;;;;;;;;. The molecule has 81 heteroatoms. The molecular weight excluding hydrogens is 7570 g/mol. The predicted molar refractivity (Wildman–Crippen MR) is 172 cm³/mol. The Morgan fingerprint density at radius 3 is 0.0982 bits per heavy atom. The molecule has 0 saturated carbocycles. The van der Waals surface area contributed by atoms with Crippen molar-refractivity contribution in [1.82, 2.24) is 0 Å². The van der Waals surface area contributed by atoms with Crippen LogP contribution in [0.5, 0.6) is 0 Å². The zero-order valence-electron chi connectivity index (χ0n) is 72.3. The van der Waals surface area contributed by atoms with Gasteiger partial charge in [0.05, 0.1) is 0 Å². The fourth-order valence-corrected chi connectivity index (χ4v) is 0. The summed E-state index contributed by atoms with van der Waals surface area (Å²) in [7, 11) is 0. The van der Waals surface area contributed by atoms with Gasteiger partial charge in [0.15, 0.2) is 0 Å². The van der Waals surface area contributed by atoms with Gasteiger partial charge in [0.2, 0.25) is 0 Å². The van der Waals surface area contributed by atoms with Crippen molar-refractivity contribution in [3.63, 3.8) is 0 Å². The fraction of sp³-hybridized carbons (Fsp3) is 0.677. The molecule has 0 aliphatic rings. The topological polar surface area (TPSA) is 0 Å². The van der Waals surface area contributed by atoms with Crippen molar-refractivity contribution in [2.75, 3.05) is 0 Å². The summed E-state index contributed by atoms with van der Waals surface area (Å²) < 4.78 is 0. The predicted octanol–water partition coefficient (Wildman–Crippen LogP) is 13.6. The molecule has 0 bridgehead atoms. The minimum atomic E-state index is -0.500. The summed E-state index contributed by atoms with van der Waals surface area (Å²) in [6.45, 7) is 39.2. The van der Waals surface area contributed by atoms with E-state index in [1.807, 2.05) is 0 Å². The molecule has 0 nitrogen and oxygen atoms in total. The van der Waals surface area contributed by atoms with E-state index in [9.17, 15) is 0 Å². The van der Waals surface area contributed by atoms with E-state index >= 15 is 0 Å². The maximum atomic E-state index is 3.44. The molecule has 0 aliphatic carbocycles. The minimum Gasteiger partial charge on any atom is -0.584 e. The summed E-state index contributed by atoms with van der Waals surface area (Å²) in [6, 6.07) is 0. The zero-order chi connectivity index (χ0) is 20.7. The Kier molecular flexibility index (Phi) is 5040. The fourth-order valence-electron chi connectivity index (χ4n) is 0. The molecule has 0 spiro atoms. The molecule has 0 N–H and O–H groups in total. The van der Waals surface area contributed by atoms with Gasteiger partial charge in [-0.25, -0.2) is 0 Å². The van der Waals surface area contributed by atoms with E-state index in [2.05, 4.69) is 111 Å². The van der Waals surface area contributed by atoms with Gasteiger partial charge in [0, 0.05) is 2650 Å². The van der Waals surface area contributed by atoms with E-state index in [0.717, 1.165) is 0 Å². The Balaban J connectivity index is -0.000000000251. The number of hydrogen-bond donors (Lipinski definition) is 0. The molecule has 0 fully saturated rings. The summed E-state index contributed by atoms with van der Waals surface area (Å²) in [4.78, 5) is 0. The Labute approximate surface area is 2760 Å². The Morgan fingerprint density at radius 1 is 0.0982 bits per heavy atom. The Hall–Kier alpha value is 89.4. The summed E-state index contributed by atoms with van der Waals surface area (Å²) in [5.41, 5.74) is -0.500. The van der Waals surface area contributed by atoms with Gasteiger partial charge in [-0.2, -0.15) is 0 Å². The van der Waals surface area contributed by atoms with E-state index in [0.29, 0.717) is 0 Å². The van der Waals surface area contributed by atoms with Crippen molar-refractivity contribution in [2.24, 2.45) is 5.41 Å². The van der Waals surface area contributed by atoms with Crippen LogP contribution in [-0.2, 0) is 2650 Å². The van der Waals surface area contributed by atoms with Crippen LogP contribution in [0, 0.1) is 77.7 Å². The van der Waals surface area contributed by atoms with Crippen molar-refractivity contribution < 1.29 is 2650 Å². The molecule has 0 amide bonds. The van der Waals surface area contributed by atoms with Crippen molar-refractivity contribution >= 4 is 0 Å². The molecule has 0 aromatic rings. The molecule has 459 valence electrons. The minimum absolute atomic E-state index is 0. The Bertz CT molecular complexity index is 150. The summed E-state index contributed by atoms with van der Waals surface area (Å²) in [6.07, 6.45) is 7.50. The van der Waals surface area contributed by atoms with E-state index < -0.39 is 5.41 Å². The number of hydrogen-bond acceptors (Lipinski definition) is 0. The van der Waals surface area contributed by atoms with Crippen LogP contribution < -0.4 is 0 Å². The maximum absolute atomic E-state index is 3.44. The van der Waals surface area contributed by atoms with E-state index in [-0.39, 0.29) is 2710 Å². The van der Waals surface area contributed by atoms with Gasteiger partial charge in [-0.1, -0.05) is 136 Å². The normalized spacial score (nSPS) is 1.50. The molecule has 0 rings (SSSR count). The largest absolute Gasteiger partial charge is 0.584 e. The van der Waals surface area contributed by atoms with E-state index in [1.165, 1.54) is 38.5 Å². The third kappa shape index (κ3) is 982. The molecule has 81 radical (unpaired) electrons. The van der Waals surface area contributed by atoms with Gasteiger partial charge < -0.3 is 77.7 Å². The zero-order valence-corrected chi connectivity index (χ0v) is 302. The molecule has 112 heavy (non-hydrogen) atoms.